The highest BCUT2D eigenvalue weighted by Gasteiger charge is 2.20. The Labute approximate surface area is 113 Å². The van der Waals surface area contributed by atoms with Crippen molar-refractivity contribution in [2.75, 3.05) is 26.8 Å². The van der Waals surface area contributed by atoms with Crippen LogP contribution in [0.1, 0.15) is 23.2 Å². The number of halogens is 1. The third kappa shape index (κ3) is 3.55. The van der Waals surface area contributed by atoms with Gasteiger partial charge in [-0.2, -0.15) is 0 Å². The lowest BCUT2D eigenvalue weighted by atomic mass is 10.1. The Morgan fingerprint density at radius 1 is 1.56 bits per heavy atom. The zero-order valence-corrected chi connectivity index (χ0v) is 11.3. The molecule has 0 aromatic heterocycles. The van der Waals surface area contributed by atoms with Crippen LogP contribution in [-0.2, 0) is 4.74 Å². The number of benzene rings is 1. The summed E-state index contributed by atoms with van der Waals surface area (Å²) in [5, 5.41) is 0.610. The van der Waals surface area contributed by atoms with Crippen molar-refractivity contribution in [3.63, 3.8) is 0 Å². The Balaban J connectivity index is 1.84. The number of hydrogen-bond acceptors (Lipinski definition) is 3. The number of ether oxygens (including phenoxy) is 1. The van der Waals surface area contributed by atoms with Crippen molar-refractivity contribution < 1.29 is 9.53 Å². The number of carbonyl (C=O) groups is 1. The average molecular weight is 268 g/mol. The second kappa shape index (κ2) is 6.32. The topological polar surface area (TPSA) is 29.5 Å². The van der Waals surface area contributed by atoms with Crippen LogP contribution in [0.4, 0.5) is 0 Å². The summed E-state index contributed by atoms with van der Waals surface area (Å²) in [6, 6.07) is 7.58. The minimum Gasteiger partial charge on any atom is -0.380 e. The first-order valence-electron chi connectivity index (χ1n) is 6.23. The van der Waals surface area contributed by atoms with E-state index in [-0.39, 0.29) is 5.78 Å². The first-order chi connectivity index (χ1) is 8.66. The third-order valence-corrected chi connectivity index (χ3v) is 3.60. The van der Waals surface area contributed by atoms with Gasteiger partial charge in [-0.3, -0.25) is 4.79 Å². The number of rotatable bonds is 5. The van der Waals surface area contributed by atoms with E-state index in [1.54, 1.807) is 12.1 Å². The fourth-order valence-corrected chi connectivity index (χ4v) is 2.33. The lowest BCUT2D eigenvalue weighted by Crippen LogP contribution is -2.33. The maximum absolute atomic E-state index is 12.0. The molecule has 1 aromatic rings. The van der Waals surface area contributed by atoms with Crippen LogP contribution in [0.25, 0.3) is 0 Å². The molecule has 98 valence electrons. The molecule has 0 bridgehead atoms. The van der Waals surface area contributed by atoms with E-state index in [2.05, 4.69) is 4.90 Å². The van der Waals surface area contributed by atoms with Gasteiger partial charge in [0.25, 0.3) is 0 Å². The molecule has 0 radical (unpaired) electrons. The Morgan fingerprint density at radius 3 is 3.06 bits per heavy atom. The lowest BCUT2D eigenvalue weighted by Gasteiger charge is -2.22. The van der Waals surface area contributed by atoms with Crippen molar-refractivity contribution in [2.24, 2.45) is 0 Å². The van der Waals surface area contributed by atoms with Gasteiger partial charge in [-0.05, 0) is 25.6 Å². The maximum Gasteiger partial charge on any atom is 0.164 e. The van der Waals surface area contributed by atoms with E-state index < -0.39 is 0 Å². The summed E-state index contributed by atoms with van der Waals surface area (Å²) in [7, 11) is 2.05. The summed E-state index contributed by atoms with van der Waals surface area (Å²) >= 11 is 5.88. The fraction of sp³-hybridized carbons (Fsp3) is 0.500. The smallest absolute Gasteiger partial charge is 0.164 e. The molecule has 0 aliphatic carbocycles. The van der Waals surface area contributed by atoms with E-state index in [1.165, 1.54) is 0 Å². The van der Waals surface area contributed by atoms with E-state index in [0.29, 0.717) is 23.0 Å². The summed E-state index contributed by atoms with van der Waals surface area (Å²) in [6.07, 6.45) is 1.58. The Kier molecular flexibility index (Phi) is 4.75. The standard InChI is InChI=1S/C14H18ClNO2/c1-16(13-6-8-18-10-13)7-5-14(17)11-3-2-4-12(15)9-11/h2-4,9,13H,5-8,10H2,1H3. The van der Waals surface area contributed by atoms with E-state index >= 15 is 0 Å². The number of nitrogens with zero attached hydrogens (tertiary/aromatic N) is 1. The van der Waals surface area contributed by atoms with Crippen molar-refractivity contribution in [1.82, 2.24) is 4.90 Å². The van der Waals surface area contributed by atoms with Crippen molar-refractivity contribution in [3.05, 3.63) is 34.9 Å². The van der Waals surface area contributed by atoms with Crippen LogP contribution < -0.4 is 0 Å². The van der Waals surface area contributed by atoms with E-state index in [1.807, 2.05) is 19.2 Å². The second-order valence-electron chi connectivity index (χ2n) is 4.68. The third-order valence-electron chi connectivity index (χ3n) is 3.37. The minimum atomic E-state index is 0.142. The van der Waals surface area contributed by atoms with Gasteiger partial charge in [-0.25, -0.2) is 0 Å². The van der Waals surface area contributed by atoms with Crippen LogP contribution in [0.15, 0.2) is 24.3 Å². The number of ketones is 1. The van der Waals surface area contributed by atoms with Gasteiger partial charge in [0.15, 0.2) is 5.78 Å². The van der Waals surface area contributed by atoms with E-state index in [4.69, 9.17) is 16.3 Å². The van der Waals surface area contributed by atoms with Gasteiger partial charge in [0.05, 0.1) is 6.61 Å². The first-order valence-corrected chi connectivity index (χ1v) is 6.61. The van der Waals surface area contributed by atoms with Crippen LogP contribution in [0, 0.1) is 0 Å². The van der Waals surface area contributed by atoms with Crippen molar-refractivity contribution in [2.45, 2.75) is 18.9 Å². The average Bonchev–Trinajstić information content (AvgIpc) is 2.89. The van der Waals surface area contributed by atoms with Gasteiger partial charge in [-0.1, -0.05) is 23.7 Å². The molecule has 1 saturated heterocycles. The Hall–Kier alpha value is -0.900. The predicted molar refractivity (Wildman–Crippen MR) is 72.3 cm³/mol. The van der Waals surface area contributed by atoms with Gasteiger partial charge in [0.1, 0.15) is 0 Å². The quantitative estimate of drug-likeness (QED) is 0.768. The second-order valence-corrected chi connectivity index (χ2v) is 5.12. The van der Waals surface area contributed by atoms with Gasteiger partial charge in [-0.15, -0.1) is 0 Å². The molecule has 1 aliphatic rings. The molecule has 2 rings (SSSR count). The summed E-state index contributed by atoms with van der Waals surface area (Å²) in [4.78, 5) is 14.2. The molecule has 3 nitrogen and oxygen atoms in total. The summed E-state index contributed by atoms with van der Waals surface area (Å²) < 4.78 is 5.34. The highest BCUT2D eigenvalue weighted by Crippen LogP contribution is 2.14. The number of likely N-dealkylation sites (N-methyl/N-ethyl adjacent to an activating group) is 1. The summed E-state index contributed by atoms with van der Waals surface area (Å²) in [6.45, 7) is 2.37. The van der Waals surface area contributed by atoms with Crippen LogP contribution in [0.2, 0.25) is 5.02 Å². The van der Waals surface area contributed by atoms with Crippen molar-refractivity contribution in [3.8, 4) is 0 Å². The molecule has 1 aliphatic heterocycles. The molecule has 1 heterocycles. The molecule has 18 heavy (non-hydrogen) atoms. The van der Waals surface area contributed by atoms with E-state index in [0.717, 1.165) is 26.2 Å². The molecule has 1 fully saturated rings. The van der Waals surface area contributed by atoms with Gasteiger partial charge in [0.2, 0.25) is 0 Å². The van der Waals surface area contributed by atoms with Crippen LogP contribution >= 0.6 is 11.6 Å². The minimum absolute atomic E-state index is 0.142. The molecule has 1 atom stereocenters. The zero-order chi connectivity index (χ0) is 13.0. The molecule has 0 saturated carbocycles. The highest BCUT2D eigenvalue weighted by molar-refractivity contribution is 6.31. The summed E-state index contributed by atoms with van der Waals surface area (Å²) in [5.41, 5.74) is 0.693. The molecular formula is C14H18ClNO2. The maximum atomic E-state index is 12.0. The predicted octanol–water partition coefficient (Wildman–Crippen LogP) is 2.63. The number of hydrogen-bond donors (Lipinski definition) is 0. The largest absolute Gasteiger partial charge is 0.380 e. The van der Waals surface area contributed by atoms with Gasteiger partial charge >= 0.3 is 0 Å². The zero-order valence-electron chi connectivity index (χ0n) is 10.6. The molecule has 1 aromatic carbocycles. The monoisotopic (exact) mass is 267 g/mol. The number of Topliss-reactive ketones (excluding diaryl/α,β-unsaturated/α-hetero) is 1. The Bertz CT molecular complexity index is 416. The SMILES string of the molecule is CN(CCC(=O)c1cccc(Cl)c1)C1CCOC1. The van der Waals surface area contributed by atoms with E-state index in [9.17, 15) is 4.79 Å². The normalized spacial score (nSPS) is 19.4. The van der Waals surface area contributed by atoms with Crippen LogP contribution in [-0.4, -0.2) is 43.5 Å². The number of carbonyl (C=O) groups excluding carboxylic acids is 1. The van der Waals surface area contributed by atoms with Gasteiger partial charge in [0, 0.05) is 36.2 Å². The first kappa shape index (κ1) is 13.5. The lowest BCUT2D eigenvalue weighted by molar-refractivity contribution is 0.0954. The van der Waals surface area contributed by atoms with Crippen LogP contribution in [0.5, 0.6) is 0 Å². The molecule has 0 amide bonds. The summed E-state index contributed by atoms with van der Waals surface area (Å²) in [5.74, 6) is 0.142. The molecule has 4 heteroatoms. The molecule has 0 spiro atoms. The Morgan fingerprint density at radius 2 is 2.39 bits per heavy atom. The fourth-order valence-electron chi connectivity index (χ4n) is 2.14. The van der Waals surface area contributed by atoms with Crippen molar-refractivity contribution in [1.29, 1.82) is 0 Å². The van der Waals surface area contributed by atoms with Gasteiger partial charge < -0.3 is 9.64 Å². The highest BCUT2D eigenvalue weighted by atomic mass is 35.5. The molecular weight excluding hydrogens is 250 g/mol. The molecule has 0 N–H and O–H groups in total. The van der Waals surface area contributed by atoms with Crippen LogP contribution in [0.3, 0.4) is 0 Å². The van der Waals surface area contributed by atoms with Crippen molar-refractivity contribution >= 4 is 17.4 Å². The molecule has 1 unspecified atom stereocenters.